The first-order chi connectivity index (χ1) is 8.53. The smallest absolute Gasteiger partial charge is 0.247 e. The van der Waals surface area contributed by atoms with E-state index < -0.39 is 10.0 Å². The number of aryl methyl sites for hydroxylation is 1. The average Bonchev–Trinajstić information content (AvgIpc) is 2.74. The van der Waals surface area contributed by atoms with Crippen molar-refractivity contribution in [2.45, 2.75) is 10.2 Å². The van der Waals surface area contributed by atoms with Crippen LogP contribution < -0.4 is 4.72 Å². The zero-order chi connectivity index (χ0) is 13.2. The second-order valence-corrected chi connectivity index (χ2v) is 5.83. The van der Waals surface area contributed by atoms with Crippen molar-refractivity contribution in [3.63, 3.8) is 0 Å². The summed E-state index contributed by atoms with van der Waals surface area (Å²) in [6, 6.07) is 6.60. The Labute approximate surface area is 113 Å². The number of aromatic nitrogens is 3. The Kier molecular flexibility index (Phi) is 3.67. The van der Waals surface area contributed by atoms with E-state index in [4.69, 9.17) is 0 Å². The summed E-state index contributed by atoms with van der Waals surface area (Å²) in [6.07, 6.45) is 1.28. The van der Waals surface area contributed by atoms with Crippen LogP contribution in [0.2, 0.25) is 0 Å². The molecule has 2 aromatic rings. The van der Waals surface area contributed by atoms with Gasteiger partial charge in [-0.05, 0) is 17.7 Å². The molecule has 0 saturated heterocycles. The van der Waals surface area contributed by atoms with Crippen LogP contribution in [0, 0.1) is 0 Å². The van der Waals surface area contributed by atoms with E-state index >= 15 is 0 Å². The van der Waals surface area contributed by atoms with Gasteiger partial charge in [0.1, 0.15) is 6.33 Å². The van der Waals surface area contributed by atoms with Crippen LogP contribution in [0.3, 0.4) is 0 Å². The molecule has 0 unspecified atom stereocenters. The molecule has 1 aromatic carbocycles. The Balaban J connectivity index is 2.28. The number of alkyl halides is 1. The van der Waals surface area contributed by atoms with Gasteiger partial charge < -0.3 is 0 Å². The molecule has 18 heavy (non-hydrogen) atoms. The molecule has 0 saturated carbocycles. The molecule has 0 aliphatic heterocycles. The predicted octanol–water partition coefficient (Wildman–Crippen LogP) is 1.51. The number of nitrogens with one attached hydrogen (secondary N) is 1. The molecule has 0 fully saturated rings. The first-order valence-corrected chi connectivity index (χ1v) is 7.65. The van der Waals surface area contributed by atoms with Gasteiger partial charge >= 0.3 is 0 Å². The fourth-order valence-electron chi connectivity index (χ4n) is 1.33. The van der Waals surface area contributed by atoms with Crippen LogP contribution >= 0.6 is 15.9 Å². The molecule has 0 radical (unpaired) electrons. The first-order valence-electron chi connectivity index (χ1n) is 5.04. The predicted molar refractivity (Wildman–Crippen MR) is 70.9 cm³/mol. The molecule has 96 valence electrons. The Bertz CT molecular complexity index is 636. The van der Waals surface area contributed by atoms with Gasteiger partial charge in [-0.25, -0.2) is 17.8 Å². The molecule has 6 nitrogen and oxygen atoms in total. The highest BCUT2D eigenvalue weighted by Gasteiger charge is 2.16. The van der Waals surface area contributed by atoms with E-state index in [-0.39, 0.29) is 10.8 Å². The maximum Gasteiger partial charge on any atom is 0.264 e. The Morgan fingerprint density at radius 1 is 1.33 bits per heavy atom. The summed E-state index contributed by atoms with van der Waals surface area (Å²) in [6.45, 7) is 0. The zero-order valence-corrected chi connectivity index (χ0v) is 11.9. The molecule has 1 heterocycles. The second-order valence-electron chi connectivity index (χ2n) is 3.59. The highest BCUT2D eigenvalue weighted by Crippen LogP contribution is 2.15. The zero-order valence-electron chi connectivity index (χ0n) is 9.54. The van der Waals surface area contributed by atoms with Crippen molar-refractivity contribution in [1.29, 1.82) is 0 Å². The highest BCUT2D eigenvalue weighted by atomic mass is 79.9. The van der Waals surface area contributed by atoms with Crippen LogP contribution in [0.25, 0.3) is 0 Å². The van der Waals surface area contributed by atoms with Gasteiger partial charge in [0, 0.05) is 12.4 Å². The normalized spacial score (nSPS) is 11.4. The van der Waals surface area contributed by atoms with Gasteiger partial charge in [0.05, 0.1) is 4.90 Å². The van der Waals surface area contributed by atoms with Crippen LogP contribution in [-0.2, 0) is 22.4 Å². The van der Waals surface area contributed by atoms with Gasteiger partial charge in [-0.1, -0.05) is 28.1 Å². The van der Waals surface area contributed by atoms with E-state index in [1.54, 1.807) is 31.3 Å². The first kappa shape index (κ1) is 13.0. The largest absolute Gasteiger partial charge is 0.264 e. The molecule has 8 heteroatoms. The Morgan fingerprint density at radius 2 is 2.00 bits per heavy atom. The van der Waals surface area contributed by atoms with E-state index in [1.807, 2.05) is 0 Å². The van der Waals surface area contributed by atoms with Crippen LogP contribution in [0.1, 0.15) is 5.56 Å². The lowest BCUT2D eigenvalue weighted by Gasteiger charge is -2.07. The van der Waals surface area contributed by atoms with Crippen molar-refractivity contribution in [1.82, 2.24) is 14.8 Å². The number of benzene rings is 1. The Hall–Kier alpha value is -1.41. The third-order valence-corrected chi connectivity index (χ3v) is 4.32. The standard InChI is InChI=1S/C10H11BrN4O2S/c1-15-10(12-7-13-15)14-18(16,17)9-4-2-8(6-11)3-5-9/h2-5,7H,6H2,1H3,(H,12,13,14). The molecular weight excluding hydrogens is 320 g/mol. The van der Waals surface area contributed by atoms with Crippen LogP contribution in [0.4, 0.5) is 5.95 Å². The molecular formula is C10H11BrN4O2S. The number of rotatable bonds is 4. The van der Waals surface area contributed by atoms with Gasteiger partial charge in [0.15, 0.2) is 0 Å². The number of hydrogen-bond donors (Lipinski definition) is 1. The summed E-state index contributed by atoms with van der Waals surface area (Å²) < 4.78 is 27.8. The Morgan fingerprint density at radius 3 is 2.50 bits per heavy atom. The van der Waals surface area contributed by atoms with Gasteiger partial charge in [-0.3, -0.25) is 0 Å². The fraction of sp³-hybridized carbons (Fsp3) is 0.200. The van der Waals surface area contributed by atoms with Gasteiger partial charge in [0.2, 0.25) is 5.95 Å². The number of nitrogens with zero attached hydrogens (tertiary/aromatic N) is 3. The molecule has 0 spiro atoms. The summed E-state index contributed by atoms with van der Waals surface area (Å²) in [4.78, 5) is 4.00. The molecule has 0 aliphatic carbocycles. The molecule has 2 rings (SSSR count). The fourth-order valence-corrected chi connectivity index (χ4v) is 2.74. The topological polar surface area (TPSA) is 76.9 Å². The molecule has 0 bridgehead atoms. The lowest BCUT2D eigenvalue weighted by Crippen LogP contribution is -2.16. The molecule has 0 atom stereocenters. The number of sulfonamides is 1. The van der Waals surface area contributed by atoms with Crippen molar-refractivity contribution >= 4 is 31.9 Å². The number of hydrogen-bond acceptors (Lipinski definition) is 4. The monoisotopic (exact) mass is 330 g/mol. The summed E-state index contributed by atoms with van der Waals surface area (Å²) in [5.41, 5.74) is 1.01. The maximum atomic E-state index is 12.0. The van der Waals surface area contributed by atoms with E-state index in [0.717, 1.165) is 5.56 Å². The minimum Gasteiger partial charge on any atom is -0.247 e. The lowest BCUT2D eigenvalue weighted by molar-refractivity contribution is 0.600. The minimum absolute atomic E-state index is 0.180. The molecule has 1 N–H and O–H groups in total. The average molecular weight is 331 g/mol. The third kappa shape index (κ3) is 2.70. The summed E-state index contributed by atoms with van der Waals surface area (Å²) >= 11 is 3.30. The number of halogens is 1. The maximum absolute atomic E-state index is 12.0. The second kappa shape index (κ2) is 5.07. The van der Waals surface area contributed by atoms with Crippen molar-refractivity contribution in [2.75, 3.05) is 4.72 Å². The van der Waals surface area contributed by atoms with Gasteiger partial charge in [0.25, 0.3) is 10.0 Å². The summed E-state index contributed by atoms with van der Waals surface area (Å²) in [5.74, 6) is 0.180. The van der Waals surface area contributed by atoms with Crippen LogP contribution in [0.5, 0.6) is 0 Å². The molecule has 1 aromatic heterocycles. The molecule has 0 amide bonds. The van der Waals surface area contributed by atoms with Gasteiger partial charge in [-0.15, -0.1) is 0 Å². The van der Waals surface area contributed by atoms with Crippen LogP contribution in [-0.4, -0.2) is 23.2 Å². The lowest BCUT2D eigenvalue weighted by atomic mass is 10.2. The highest BCUT2D eigenvalue weighted by molar-refractivity contribution is 9.08. The van der Waals surface area contributed by atoms with Crippen LogP contribution in [0.15, 0.2) is 35.5 Å². The van der Waals surface area contributed by atoms with Crippen molar-refractivity contribution in [3.8, 4) is 0 Å². The third-order valence-electron chi connectivity index (χ3n) is 2.32. The van der Waals surface area contributed by atoms with Crippen molar-refractivity contribution < 1.29 is 8.42 Å². The molecule has 0 aliphatic rings. The van der Waals surface area contributed by atoms with E-state index in [2.05, 4.69) is 30.7 Å². The van der Waals surface area contributed by atoms with Gasteiger partial charge in [-0.2, -0.15) is 10.1 Å². The van der Waals surface area contributed by atoms with Crippen molar-refractivity contribution in [3.05, 3.63) is 36.2 Å². The van der Waals surface area contributed by atoms with E-state index in [0.29, 0.717) is 5.33 Å². The van der Waals surface area contributed by atoms with Crippen molar-refractivity contribution in [2.24, 2.45) is 7.05 Å². The minimum atomic E-state index is -3.62. The summed E-state index contributed by atoms with van der Waals surface area (Å²) in [7, 11) is -2.01. The van der Waals surface area contributed by atoms with E-state index in [9.17, 15) is 8.42 Å². The number of anilines is 1. The van der Waals surface area contributed by atoms with E-state index in [1.165, 1.54) is 11.0 Å². The quantitative estimate of drug-likeness (QED) is 0.862. The SMILES string of the molecule is Cn1ncnc1NS(=O)(=O)c1ccc(CBr)cc1. The summed E-state index contributed by atoms with van der Waals surface area (Å²) in [5, 5.41) is 4.48.